The Bertz CT molecular complexity index is 255. The zero-order valence-electron chi connectivity index (χ0n) is 10.1. The summed E-state index contributed by atoms with van der Waals surface area (Å²) in [6, 6.07) is 0. The zero-order chi connectivity index (χ0) is 11.6. The van der Waals surface area contributed by atoms with Crippen molar-refractivity contribution in [2.24, 2.45) is 11.8 Å². The topological polar surface area (TPSA) is 29.1 Å². The maximum Gasteiger partial charge on any atom is 0.220 e. The van der Waals surface area contributed by atoms with E-state index < -0.39 is 0 Å². The highest BCUT2D eigenvalue weighted by Gasteiger charge is 2.35. The predicted octanol–water partition coefficient (Wildman–Crippen LogP) is 3.09. The molecule has 0 aromatic rings. The SMILES string of the molecule is CC1CCC(CCl)(NC(=O)CC2CC2)CC1. The summed E-state index contributed by atoms with van der Waals surface area (Å²) >= 11 is 6.07. The summed E-state index contributed by atoms with van der Waals surface area (Å²) in [6.45, 7) is 2.28. The standard InChI is InChI=1S/C13H22ClNO/c1-10-4-6-13(9-14,7-5-10)15-12(16)8-11-2-3-11/h10-11H,2-9H2,1H3,(H,15,16). The molecule has 16 heavy (non-hydrogen) atoms. The molecular formula is C13H22ClNO. The highest BCUT2D eigenvalue weighted by atomic mass is 35.5. The monoisotopic (exact) mass is 243 g/mol. The molecule has 0 aliphatic heterocycles. The van der Waals surface area contributed by atoms with Gasteiger partial charge in [0.05, 0.1) is 5.54 Å². The molecule has 2 saturated carbocycles. The van der Waals surface area contributed by atoms with Crippen LogP contribution in [0.3, 0.4) is 0 Å². The van der Waals surface area contributed by atoms with Crippen LogP contribution in [0.25, 0.3) is 0 Å². The Hall–Kier alpha value is -0.240. The Morgan fingerprint density at radius 2 is 1.94 bits per heavy atom. The minimum atomic E-state index is -0.0972. The number of nitrogens with one attached hydrogen (secondary N) is 1. The molecule has 0 radical (unpaired) electrons. The van der Waals surface area contributed by atoms with Crippen LogP contribution >= 0.6 is 11.6 Å². The molecule has 0 spiro atoms. The lowest BCUT2D eigenvalue weighted by Gasteiger charge is -2.38. The molecule has 0 aromatic carbocycles. The quantitative estimate of drug-likeness (QED) is 0.756. The largest absolute Gasteiger partial charge is 0.349 e. The summed E-state index contributed by atoms with van der Waals surface area (Å²) in [5, 5.41) is 3.20. The minimum Gasteiger partial charge on any atom is -0.349 e. The van der Waals surface area contributed by atoms with Gasteiger partial charge in [-0.15, -0.1) is 11.6 Å². The molecule has 2 aliphatic carbocycles. The molecule has 3 heteroatoms. The number of rotatable bonds is 4. The van der Waals surface area contributed by atoms with E-state index in [1.165, 1.54) is 25.7 Å². The van der Waals surface area contributed by atoms with Crippen molar-refractivity contribution in [1.29, 1.82) is 0 Å². The van der Waals surface area contributed by atoms with E-state index in [2.05, 4.69) is 12.2 Å². The van der Waals surface area contributed by atoms with Gasteiger partial charge in [0.15, 0.2) is 0 Å². The van der Waals surface area contributed by atoms with Crippen molar-refractivity contribution in [3.8, 4) is 0 Å². The summed E-state index contributed by atoms with van der Waals surface area (Å²) in [5.41, 5.74) is -0.0972. The summed E-state index contributed by atoms with van der Waals surface area (Å²) in [6.07, 6.45) is 7.67. The van der Waals surface area contributed by atoms with Gasteiger partial charge in [-0.2, -0.15) is 0 Å². The molecule has 0 aromatic heterocycles. The summed E-state index contributed by atoms with van der Waals surface area (Å²) in [4.78, 5) is 11.8. The van der Waals surface area contributed by atoms with Crippen molar-refractivity contribution in [3.63, 3.8) is 0 Å². The summed E-state index contributed by atoms with van der Waals surface area (Å²) in [7, 11) is 0. The van der Waals surface area contributed by atoms with Crippen LogP contribution in [-0.4, -0.2) is 17.3 Å². The van der Waals surface area contributed by atoms with E-state index in [1.807, 2.05) is 0 Å². The van der Waals surface area contributed by atoms with Gasteiger partial charge in [0.25, 0.3) is 0 Å². The van der Waals surface area contributed by atoms with Crippen molar-refractivity contribution < 1.29 is 4.79 Å². The van der Waals surface area contributed by atoms with Crippen LogP contribution in [0.15, 0.2) is 0 Å². The summed E-state index contributed by atoms with van der Waals surface area (Å²) in [5.74, 6) is 2.24. The van der Waals surface area contributed by atoms with E-state index in [-0.39, 0.29) is 11.4 Å². The van der Waals surface area contributed by atoms with E-state index in [1.54, 1.807) is 0 Å². The lowest BCUT2D eigenvalue weighted by Crippen LogP contribution is -2.52. The second-order valence-electron chi connectivity index (χ2n) is 5.79. The molecule has 2 nitrogen and oxygen atoms in total. The normalized spacial score (nSPS) is 34.8. The van der Waals surface area contributed by atoms with Crippen molar-refractivity contribution in [2.45, 2.75) is 57.4 Å². The molecule has 0 saturated heterocycles. The maximum atomic E-state index is 11.8. The first-order chi connectivity index (χ1) is 7.63. The fourth-order valence-electron chi connectivity index (χ4n) is 2.54. The van der Waals surface area contributed by atoms with Crippen LogP contribution in [0.1, 0.15) is 51.9 Å². The first-order valence-electron chi connectivity index (χ1n) is 6.50. The number of carbonyl (C=O) groups is 1. The van der Waals surface area contributed by atoms with Crippen LogP contribution < -0.4 is 5.32 Å². The van der Waals surface area contributed by atoms with Gasteiger partial charge >= 0.3 is 0 Å². The zero-order valence-corrected chi connectivity index (χ0v) is 10.9. The summed E-state index contributed by atoms with van der Waals surface area (Å²) < 4.78 is 0. The van der Waals surface area contributed by atoms with Gasteiger partial charge in [-0.25, -0.2) is 0 Å². The number of carbonyl (C=O) groups excluding carboxylic acids is 1. The molecule has 1 amide bonds. The second-order valence-corrected chi connectivity index (χ2v) is 6.06. The number of halogens is 1. The molecule has 0 heterocycles. The first kappa shape index (κ1) is 12.2. The highest BCUT2D eigenvalue weighted by Crippen LogP contribution is 2.35. The number of hydrogen-bond donors (Lipinski definition) is 1. The van der Waals surface area contributed by atoms with Crippen LogP contribution in [0.2, 0.25) is 0 Å². The van der Waals surface area contributed by atoms with E-state index >= 15 is 0 Å². The Kier molecular flexibility index (Phi) is 3.78. The number of hydrogen-bond acceptors (Lipinski definition) is 1. The van der Waals surface area contributed by atoms with E-state index in [4.69, 9.17) is 11.6 Å². The van der Waals surface area contributed by atoms with Gasteiger partial charge in [-0.3, -0.25) is 4.79 Å². The molecule has 2 rings (SSSR count). The number of amides is 1. The Morgan fingerprint density at radius 1 is 1.31 bits per heavy atom. The van der Waals surface area contributed by atoms with Gasteiger partial charge in [0.1, 0.15) is 0 Å². The van der Waals surface area contributed by atoms with Crippen molar-refractivity contribution in [3.05, 3.63) is 0 Å². The third-order valence-electron chi connectivity index (χ3n) is 4.06. The van der Waals surface area contributed by atoms with Gasteiger partial charge in [0, 0.05) is 12.3 Å². The Balaban J connectivity index is 1.85. The fraction of sp³-hybridized carbons (Fsp3) is 0.923. The average Bonchev–Trinajstić information content (AvgIpc) is 3.06. The van der Waals surface area contributed by atoms with Crippen molar-refractivity contribution in [2.75, 3.05) is 5.88 Å². The van der Waals surface area contributed by atoms with Crippen LogP contribution in [0.5, 0.6) is 0 Å². The Labute approximate surface area is 103 Å². The van der Waals surface area contributed by atoms with E-state index in [9.17, 15) is 4.79 Å². The van der Waals surface area contributed by atoms with Gasteiger partial charge in [-0.05, 0) is 50.4 Å². The van der Waals surface area contributed by atoms with E-state index in [0.717, 1.165) is 18.8 Å². The molecule has 0 unspecified atom stereocenters. The molecule has 2 aliphatic rings. The Morgan fingerprint density at radius 3 is 2.44 bits per heavy atom. The van der Waals surface area contributed by atoms with Gasteiger partial charge < -0.3 is 5.32 Å². The van der Waals surface area contributed by atoms with Gasteiger partial charge in [0.2, 0.25) is 5.91 Å². The molecule has 0 atom stereocenters. The highest BCUT2D eigenvalue weighted by molar-refractivity contribution is 6.18. The second kappa shape index (κ2) is 4.95. The third kappa shape index (κ3) is 3.13. The lowest BCUT2D eigenvalue weighted by atomic mass is 9.78. The van der Waals surface area contributed by atoms with Crippen LogP contribution in [-0.2, 0) is 4.79 Å². The molecule has 92 valence electrons. The first-order valence-corrected chi connectivity index (χ1v) is 7.04. The van der Waals surface area contributed by atoms with Crippen molar-refractivity contribution >= 4 is 17.5 Å². The van der Waals surface area contributed by atoms with Gasteiger partial charge in [-0.1, -0.05) is 6.92 Å². The third-order valence-corrected chi connectivity index (χ3v) is 4.57. The molecular weight excluding hydrogens is 222 g/mol. The van der Waals surface area contributed by atoms with Crippen molar-refractivity contribution in [1.82, 2.24) is 5.32 Å². The fourth-order valence-corrected chi connectivity index (χ4v) is 2.87. The number of alkyl halides is 1. The average molecular weight is 244 g/mol. The van der Waals surface area contributed by atoms with E-state index in [0.29, 0.717) is 18.2 Å². The molecule has 1 N–H and O–H groups in total. The molecule has 0 bridgehead atoms. The smallest absolute Gasteiger partial charge is 0.220 e. The molecule has 2 fully saturated rings. The van der Waals surface area contributed by atoms with Crippen LogP contribution in [0.4, 0.5) is 0 Å². The maximum absolute atomic E-state index is 11.8. The van der Waals surface area contributed by atoms with Crippen LogP contribution in [0, 0.1) is 11.8 Å². The minimum absolute atomic E-state index is 0.0972. The predicted molar refractivity (Wildman–Crippen MR) is 66.6 cm³/mol. The lowest BCUT2D eigenvalue weighted by molar-refractivity contribution is -0.123.